The van der Waals surface area contributed by atoms with E-state index in [4.69, 9.17) is 0 Å². The maximum absolute atomic E-state index is 3.73. The number of allylic oxidation sites excluding steroid dienone is 1. The maximum atomic E-state index is 3.73. The average molecular weight is 168 g/mol. The van der Waals surface area contributed by atoms with Gasteiger partial charge in [-0.15, -0.1) is 6.58 Å². The Morgan fingerprint density at radius 2 is 1.83 bits per heavy atom. The zero-order chi connectivity index (χ0) is 9.23. The van der Waals surface area contributed by atoms with E-state index in [-0.39, 0.29) is 0 Å². The van der Waals surface area contributed by atoms with Crippen LogP contribution in [0.15, 0.2) is 12.7 Å². The van der Waals surface area contributed by atoms with Crippen molar-refractivity contribution in [3.05, 3.63) is 12.7 Å². The van der Waals surface area contributed by atoms with Crippen LogP contribution >= 0.6 is 0 Å². The van der Waals surface area contributed by atoms with Gasteiger partial charge in [0, 0.05) is 0 Å². The van der Waals surface area contributed by atoms with Crippen LogP contribution in [-0.2, 0) is 0 Å². The predicted octanol–water partition coefficient (Wildman–Crippen LogP) is 4.56. The fourth-order valence-electron chi connectivity index (χ4n) is 1.50. The van der Waals surface area contributed by atoms with Crippen molar-refractivity contribution in [1.82, 2.24) is 0 Å². The Balaban J connectivity index is 3.09. The Morgan fingerprint density at radius 1 is 1.17 bits per heavy atom. The normalized spacial score (nSPS) is 12.8. The first-order chi connectivity index (χ1) is 5.81. The molecule has 0 amide bonds. The molecular weight excluding hydrogens is 144 g/mol. The minimum Gasteiger partial charge on any atom is -0.103 e. The van der Waals surface area contributed by atoms with Gasteiger partial charge in [0.15, 0.2) is 0 Å². The van der Waals surface area contributed by atoms with Crippen LogP contribution in [-0.4, -0.2) is 0 Å². The topological polar surface area (TPSA) is 0 Å². The summed E-state index contributed by atoms with van der Waals surface area (Å²) in [6.45, 7) is 8.37. The van der Waals surface area contributed by atoms with Crippen LogP contribution in [0.4, 0.5) is 0 Å². The van der Waals surface area contributed by atoms with Gasteiger partial charge in [-0.1, -0.05) is 52.0 Å². The van der Waals surface area contributed by atoms with E-state index in [9.17, 15) is 0 Å². The smallest absolute Gasteiger partial charge is 0.0353 e. The Labute approximate surface area is 78.1 Å². The Kier molecular flexibility index (Phi) is 8.64. The largest absolute Gasteiger partial charge is 0.103 e. The maximum Gasteiger partial charge on any atom is -0.0353 e. The first-order valence-corrected chi connectivity index (χ1v) is 5.42. The summed E-state index contributed by atoms with van der Waals surface area (Å²) in [5, 5.41) is 0. The van der Waals surface area contributed by atoms with Crippen LogP contribution in [0.25, 0.3) is 0 Å². The third kappa shape index (κ3) is 7.84. The molecule has 0 fully saturated rings. The summed E-state index contributed by atoms with van der Waals surface area (Å²) in [4.78, 5) is 0. The molecule has 0 rings (SSSR count). The molecule has 0 heteroatoms. The van der Waals surface area contributed by atoms with Crippen LogP contribution in [0, 0.1) is 5.92 Å². The molecule has 0 aromatic carbocycles. The zero-order valence-electron chi connectivity index (χ0n) is 8.81. The van der Waals surface area contributed by atoms with Gasteiger partial charge in [0.25, 0.3) is 0 Å². The Bertz CT molecular complexity index is 94.2. The molecule has 0 saturated heterocycles. The van der Waals surface area contributed by atoms with Crippen molar-refractivity contribution in [2.45, 2.75) is 58.8 Å². The lowest BCUT2D eigenvalue weighted by Crippen LogP contribution is -1.94. The highest BCUT2D eigenvalue weighted by atomic mass is 14.1. The van der Waals surface area contributed by atoms with Gasteiger partial charge in [0.05, 0.1) is 0 Å². The minimum atomic E-state index is 0.927. The molecule has 1 atom stereocenters. The first-order valence-electron chi connectivity index (χ1n) is 5.42. The number of rotatable bonds is 8. The lowest BCUT2D eigenvalue weighted by atomic mass is 9.97. The van der Waals surface area contributed by atoms with Crippen molar-refractivity contribution in [3.8, 4) is 0 Å². The summed E-state index contributed by atoms with van der Waals surface area (Å²) in [7, 11) is 0. The van der Waals surface area contributed by atoms with Gasteiger partial charge in [-0.3, -0.25) is 0 Å². The molecule has 0 saturated carbocycles. The molecule has 0 aliphatic carbocycles. The second-order valence-electron chi connectivity index (χ2n) is 3.82. The predicted molar refractivity (Wildman–Crippen MR) is 57.4 cm³/mol. The van der Waals surface area contributed by atoms with Crippen LogP contribution in [0.3, 0.4) is 0 Å². The van der Waals surface area contributed by atoms with Crippen molar-refractivity contribution in [1.29, 1.82) is 0 Å². The molecule has 1 unspecified atom stereocenters. The van der Waals surface area contributed by atoms with Crippen molar-refractivity contribution in [2.75, 3.05) is 0 Å². The molecule has 72 valence electrons. The van der Waals surface area contributed by atoms with Crippen LogP contribution in [0.2, 0.25) is 0 Å². The molecule has 0 radical (unpaired) electrons. The van der Waals surface area contributed by atoms with E-state index in [1.807, 2.05) is 6.08 Å². The zero-order valence-corrected chi connectivity index (χ0v) is 8.81. The van der Waals surface area contributed by atoms with Gasteiger partial charge < -0.3 is 0 Å². The summed E-state index contributed by atoms with van der Waals surface area (Å²) >= 11 is 0. The highest BCUT2D eigenvalue weighted by molar-refractivity contribution is 4.66. The molecule has 0 aromatic heterocycles. The Hall–Kier alpha value is -0.260. The fraction of sp³-hybridized carbons (Fsp3) is 0.833. The second kappa shape index (κ2) is 8.83. The van der Waals surface area contributed by atoms with E-state index < -0.39 is 0 Å². The SMILES string of the molecule is C=CCCCC(C)CCCCC. The molecule has 0 aliphatic heterocycles. The number of unbranched alkanes of at least 4 members (excludes halogenated alkanes) is 3. The minimum absolute atomic E-state index is 0.927. The molecule has 0 aromatic rings. The standard InChI is InChI=1S/C12H24/c1-4-6-8-10-12(3)11-9-7-5-2/h4,12H,1,5-11H2,2-3H3. The molecule has 0 spiro atoms. The van der Waals surface area contributed by atoms with E-state index in [2.05, 4.69) is 20.4 Å². The summed E-state index contributed by atoms with van der Waals surface area (Å²) < 4.78 is 0. The molecule has 0 heterocycles. The summed E-state index contributed by atoms with van der Waals surface area (Å²) in [5.74, 6) is 0.927. The number of hydrogen-bond acceptors (Lipinski definition) is 0. The molecule has 0 aliphatic rings. The van der Waals surface area contributed by atoms with Crippen LogP contribution < -0.4 is 0 Å². The second-order valence-corrected chi connectivity index (χ2v) is 3.82. The fourth-order valence-corrected chi connectivity index (χ4v) is 1.50. The molecule has 0 N–H and O–H groups in total. The van der Waals surface area contributed by atoms with Crippen LogP contribution in [0.1, 0.15) is 58.8 Å². The van der Waals surface area contributed by atoms with Gasteiger partial charge in [-0.25, -0.2) is 0 Å². The van der Waals surface area contributed by atoms with Crippen molar-refractivity contribution in [3.63, 3.8) is 0 Å². The average Bonchev–Trinajstić information content (AvgIpc) is 2.06. The Morgan fingerprint density at radius 3 is 2.42 bits per heavy atom. The van der Waals surface area contributed by atoms with E-state index in [1.165, 1.54) is 44.9 Å². The van der Waals surface area contributed by atoms with E-state index in [0.29, 0.717) is 0 Å². The van der Waals surface area contributed by atoms with E-state index in [0.717, 1.165) is 5.92 Å². The third-order valence-electron chi connectivity index (χ3n) is 2.41. The van der Waals surface area contributed by atoms with Gasteiger partial charge in [0.2, 0.25) is 0 Å². The van der Waals surface area contributed by atoms with Gasteiger partial charge in [-0.2, -0.15) is 0 Å². The molecule has 0 nitrogen and oxygen atoms in total. The highest BCUT2D eigenvalue weighted by Gasteiger charge is 1.99. The monoisotopic (exact) mass is 168 g/mol. The lowest BCUT2D eigenvalue weighted by Gasteiger charge is -2.09. The van der Waals surface area contributed by atoms with Crippen molar-refractivity contribution in [2.24, 2.45) is 5.92 Å². The van der Waals surface area contributed by atoms with Crippen LogP contribution in [0.5, 0.6) is 0 Å². The van der Waals surface area contributed by atoms with E-state index in [1.54, 1.807) is 0 Å². The lowest BCUT2D eigenvalue weighted by molar-refractivity contribution is 0.452. The summed E-state index contributed by atoms with van der Waals surface area (Å²) in [5.41, 5.74) is 0. The molecular formula is C12H24. The quantitative estimate of drug-likeness (QED) is 0.368. The van der Waals surface area contributed by atoms with Gasteiger partial charge >= 0.3 is 0 Å². The third-order valence-corrected chi connectivity index (χ3v) is 2.41. The first kappa shape index (κ1) is 11.7. The molecule has 0 bridgehead atoms. The molecule has 12 heavy (non-hydrogen) atoms. The van der Waals surface area contributed by atoms with Crippen molar-refractivity contribution >= 4 is 0 Å². The van der Waals surface area contributed by atoms with Gasteiger partial charge in [0.1, 0.15) is 0 Å². The number of hydrogen-bond donors (Lipinski definition) is 0. The van der Waals surface area contributed by atoms with Crippen molar-refractivity contribution < 1.29 is 0 Å². The van der Waals surface area contributed by atoms with E-state index >= 15 is 0 Å². The highest BCUT2D eigenvalue weighted by Crippen LogP contribution is 2.15. The summed E-state index contributed by atoms with van der Waals surface area (Å²) in [6, 6.07) is 0. The summed E-state index contributed by atoms with van der Waals surface area (Å²) in [6.07, 6.45) is 11.5. The van der Waals surface area contributed by atoms with Gasteiger partial charge in [-0.05, 0) is 18.8 Å².